The summed E-state index contributed by atoms with van der Waals surface area (Å²) >= 11 is 0. The second-order valence-corrected chi connectivity index (χ2v) is 7.94. The molecule has 1 unspecified atom stereocenters. The summed E-state index contributed by atoms with van der Waals surface area (Å²) in [6.07, 6.45) is 2.73. The van der Waals surface area contributed by atoms with E-state index in [4.69, 9.17) is 0 Å². The van der Waals surface area contributed by atoms with Crippen molar-refractivity contribution in [3.05, 3.63) is 94.2 Å². The van der Waals surface area contributed by atoms with Gasteiger partial charge in [0.25, 0.3) is 0 Å². The Hall–Kier alpha value is -3.54. The first-order valence-corrected chi connectivity index (χ1v) is 9.95. The molecule has 1 aliphatic heterocycles. The number of nitrogens with zero attached hydrogens (tertiary/aromatic N) is 3. The lowest BCUT2D eigenvalue weighted by Gasteiger charge is -2.29. The van der Waals surface area contributed by atoms with Gasteiger partial charge >= 0.3 is 0 Å². The molecule has 0 aliphatic carbocycles. The Kier molecular flexibility index (Phi) is 4.35. The number of H-pyrrole nitrogens is 1. The van der Waals surface area contributed by atoms with E-state index in [0.29, 0.717) is 12.8 Å². The number of ketones is 1. The van der Waals surface area contributed by atoms with Crippen molar-refractivity contribution in [1.29, 1.82) is 0 Å². The van der Waals surface area contributed by atoms with Gasteiger partial charge in [0.1, 0.15) is 11.9 Å². The zero-order chi connectivity index (χ0) is 20.8. The maximum atomic E-state index is 13.6. The molecule has 0 spiro atoms. The number of aromatic nitrogens is 4. The van der Waals surface area contributed by atoms with E-state index in [1.54, 1.807) is 18.3 Å². The quantitative estimate of drug-likeness (QED) is 0.549. The molecular weight excluding hydrogens is 379 g/mol. The van der Waals surface area contributed by atoms with Gasteiger partial charge in [0.15, 0.2) is 5.78 Å². The van der Waals surface area contributed by atoms with Gasteiger partial charge in [-0.1, -0.05) is 23.8 Å². The summed E-state index contributed by atoms with van der Waals surface area (Å²) in [4.78, 5) is 13.5. The summed E-state index contributed by atoms with van der Waals surface area (Å²) < 4.78 is 15.5. The molecule has 0 amide bonds. The van der Waals surface area contributed by atoms with E-state index in [1.165, 1.54) is 12.1 Å². The van der Waals surface area contributed by atoms with Crippen LogP contribution in [-0.2, 0) is 17.6 Å². The standard InChI is InChI=1S/C24H21FN4O/c1-14-9-20-10-15(2)28-29(20)24(17-4-6-19(25)7-5-17)23(14)22(30)12-16-3-8-21-18(11-16)13-26-27-21/h3-8,10-11,13,24H,9,12H2,1-2H3,(H,26,27). The lowest BCUT2D eigenvalue weighted by molar-refractivity contribution is -0.115. The average molecular weight is 400 g/mol. The van der Waals surface area contributed by atoms with Crippen molar-refractivity contribution in [3.63, 3.8) is 0 Å². The second kappa shape index (κ2) is 7.06. The summed E-state index contributed by atoms with van der Waals surface area (Å²) in [6.45, 7) is 3.96. The van der Waals surface area contributed by atoms with Crippen LogP contribution in [-0.4, -0.2) is 25.8 Å². The number of halogens is 1. The van der Waals surface area contributed by atoms with Gasteiger partial charge in [-0.2, -0.15) is 10.2 Å². The highest BCUT2D eigenvalue weighted by Crippen LogP contribution is 2.36. The molecule has 1 aliphatic rings. The van der Waals surface area contributed by atoms with E-state index < -0.39 is 0 Å². The Morgan fingerprint density at radius 1 is 1.17 bits per heavy atom. The Labute approximate surface area is 173 Å². The van der Waals surface area contributed by atoms with Crippen LogP contribution in [0.1, 0.15) is 35.5 Å². The number of Topliss-reactive ketones (excluding diaryl/α,β-unsaturated/α-hetero) is 1. The number of carbonyl (C=O) groups excluding carboxylic acids is 1. The minimum absolute atomic E-state index is 0.0588. The first-order valence-electron chi connectivity index (χ1n) is 9.95. The maximum Gasteiger partial charge on any atom is 0.165 e. The molecule has 30 heavy (non-hydrogen) atoms. The number of allylic oxidation sites excluding steroid dienone is 2. The van der Waals surface area contributed by atoms with Crippen LogP contribution < -0.4 is 0 Å². The molecule has 5 nitrogen and oxygen atoms in total. The Morgan fingerprint density at radius 3 is 2.77 bits per heavy atom. The van der Waals surface area contributed by atoms with Crippen LogP contribution in [0.3, 0.4) is 0 Å². The van der Waals surface area contributed by atoms with Crippen molar-refractivity contribution in [2.75, 3.05) is 0 Å². The molecule has 0 saturated heterocycles. The van der Waals surface area contributed by atoms with E-state index in [9.17, 15) is 9.18 Å². The fourth-order valence-corrected chi connectivity index (χ4v) is 4.37. The summed E-state index contributed by atoms with van der Waals surface area (Å²) in [5.74, 6) is -0.239. The predicted octanol–water partition coefficient (Wildman–Crippen LogP) is 4.48. The average Bonchev–Trinajstić information content (AvgIpc) is 3.32. The Morgan fingerprint density at radius 2 is 1.97 bits per heavy atom. The van der Waals surface area contributed by atoms with Crippen molar-refractivity contribution >= 4 is 16.7 Å². The summed E-state index contributed by atoms with van der Waals surface area (Å²) in [5, 5.41) is 12.6. The minimum Gasteiger partial charge on any atom is -0.294 e. The third-order valence-electron chi connectivity index (χ3n) is 5.71. The molecule has 5 rings (SSSR count). The summed E-state index contributed by atoms with van der Waals surface area (Å²) in [5.41, 5.74) is 6.48. The van der Waals surface area contributed by atoms with Crippen LogP contribution in [0.4, 0.5) is 4.39 Å². The number of benzene rings is 2. The van der Waals surface area contributed by atoms with Gasteiger partial charge in [-0.25, -0.2) is 4.39 Å². The highest BCUT2D eigenvalue weighted by atomic mass is 19.1. The topological polar surface area (TPSA) is 63.6 Å². The molecule has 2 aromatic heterocycles. The second-order valence-electron chi connectivity index (χ2n) is 7.94. The molecule has 6 heteroatoms. The normalized spacial score (nSPS) is 16.2. The van der Waals surface area contributed by atoms with Gasteiger partial charge in [0, 0.05) is 29.5 Å². The highest BCUT2D eigenvalue weighted by Gasteiger charge is 2.32. The van der Waals surface area contributed by atoms with Gasteiger partial charge < -0.3 is 0 Å². The molecule has 3 heterocycles. The van der Waals surface area contributed by atoms with Gasteiger partial charge in [0.05, 0.1) is 17.4 Å². The van der Waals surface area contributed by atoms with Crippen molar-refractivity contribution in [2.45, 2.75) is 32.7 Å². The first kappa shape index (κ1) is 18.5. The summed E-state index contributed by atoms with van der Waals surface area (Å²) in [6, 6.07) is 13.9. The monoisotopic (exact) mass is 400 g/mol. The Bertz CT molecular complexity index is 1300. The minimum atomic E-state index is -0.354. The lowest BCUT2D eigenvalue weighted by Crippen LogP contribution is -2.28. The van der Waals surface area contributed by atoms with Crippen LogP contribution in [0.15, 0.2) is 65.9 Å². The first-order chi connectivity index (χ1) is 14.5. The number of nitrogens with one attached hydrogen (secondary N) is 1. The van der Waals surface area contributed by atoms with Crippen molar-refractivity contribution in [1.82, 2.24) is 20.0 Å². The number of fused-ring (bicyclic) bond motifs is 2. The van der Waals surface area contributed by atoms with Crippen LogP contribution in [0.25, 0.3) is 10.9 Å². The van der Waals surface area contributed by atoms with E-state index in [0.717, 1.165) is 44.6 Å². The van der Waals surface area contributed by atoms with Gasteiger partial charge in [-0.3, -0.25) is 14.6 Å². The third kappa shape index (κ3) is 3.14. The van der Waals surface area contributed by atoms with Crippen molar-refractivity contribution < 1.29 is 9.18 Å². The number of carbonyl (C=O) groups is 1. The van der Waals surface area contributed by atoms with Crippen LogP contribution >= 0.6 is 0 Å². The number of hydrogen-bond donors (Lipinski definition) is 1. The molecule has 150 valence electrons. The van der Waals surface area contributed by atoms with E-state index in [2.05, 4.69) is 15.3 Å². The number of aryl methyl sites for hydroxylation is 1. The highest BCUT2D eigenvalue weighted by molar-refractivity contribution is 5.99. The molecule has 1 atom stereocenters. The van der Waals surface area contributed by atoms with Gasteiger partial charge in [-0.05, 0) is 55.3 Å². The van der Waals surface area contributed by atoms with Gasteiger partial charge in [0.2, 0.25) is 0 Å². The number of rotatable bonds is 4. The van der Waals surface area contributed by atoms with E-state index in [1.807, 2.05) is 42.8 Å². The molecule has 4 aromatic rings. The molecule has 0 radical (unpaired) electrons. The molecule has 0 saturated carbocycles. The smallest absolute Gasteiger partial charge is 0.165 e. The number of hydrogen-bond acceptors (Lipinski definition) is 3. The van der Waals surface area contributed by atoms with Crippen molar-refractivity contribution in [2.24, 2.45) is 0 Å². The SMILES string of the molecule is CC1=C(C(=O)Cc2ccc3[nH]ncc3c2)C(c2ccc(F)cc2)n2nc(C)cc2C1. The zero-order valence-electron chi connectivity index (χ0n) is 16.8. The fraction of sp³-hybridized carbons (Fsp3) is 0.208. The van der Waals surface area contributed by atoms with Crippen LogP contribution in [0, 0.1) is 12.7 Å². The molecule has 0 fully saturated rings. The third-order valence-corrected chi connectivity index (χ3v) is 5.71. The molecule has 0 bridgehead atoms. The largest absolute Gasteiger partial charge is 0.294 e. The van der Waals surface area contributed by atoms with E-state index >= 15 is 0 Å². The fourth-order valence-electron chi connectivity index (χ4n) is 4.37. The van der Waals surface area contributed by atoms with Crippen LogP contribution in [0.5, 0.6) is 0 Å². The molecule has 2 aromatic carbocycles. The van der Waals surface area contributed by atoms with E-state index in [-0.39, 0.29) is 17.6 Å². The zero-order valence-corrected chi connectivity index (χ0v) is 16.8. The maximum absolute atomic E-state index is 13.6. The van der Waals surface area contributed by atoms with Crippen LogP contribution in [0.2, 0.25) is 0 Å². The van der Waals surface area contributed by atoms with Crippen molar-refractivity contribution in [3.8, 4) is 0 Å². The predicted molar refractivity (Wildman–Crippen MR) is 113 cm³/mol. The Balaban J connectivity index is 1.56. The molecular formula is C24H21FN4O. The lowest BCUT2D eigenvalue weighted by atomic mass is 9.85. The number of aromatic amines is 1. The van der Waals surface area contributed by atoms with Gasteiger partial charge in [-0.15, -0.1) is 0 Å². The summed E-state index contributed by atoms with van der Waals surface area (Å²) in [7, 11) is 0. The molecule has 1 N–H and O–H groups in total.